The summed E-state index contributed by atoms with van der Waals surface area (Å²) in [5.41, 5.74) is 1.29. The van der Waals surface area contributed by atoms with E-state index in [-0.39, 0.29) is 12.1 Å². The van der Waals surface area contributed by atoms with E-state index in [1.807, 2.05) is 12.1 Å². The molecule has 2 atom stereocenters. The van der Waals surface area contributed by atoms with Gasteiger partial charge in [0.05, 0.1) is 13.2 Å². The van der Waals surface area contributed by atoms with E-state index in [1.165, 1.54) is 12.7 Å². The Morgan fingerprint density at radius 2 is 1.62 bits per heavy atom. The number of benzene rings is 1. The lowest BCUT2D eigenvalue weighted by molar-refractivity contribution is -0.140. The predicted molar refractivity (Wildman–Crippen MR) is 99.8 cm³/mol. The third-order valence-electron chi connectivity index (χ3n) is 4.12. The highest BCUT2D eigenvalue weighted by atomic mass is 35.5. The first kappa shape index (κ1) is 21.3. The molecule has 1 aromatic carbocycles. The van der Waals surface area contributed by atoms with Crippen LogP contribution in [-0.4, -0.2) is 29.7 Å². The van der Waals surface area contributed by atoms with E-state index in [2.05, 4.69) is 16.9 Å². The number of hydrogen-bond donors (Lipinski definition) is 1. The van der Waals surface area contributed by atoms with E-state index in [4.69, 9.17) is 23.2 Å². The van der Waals surface area contributed by atoms with Gasteiger partial charge in [-0.15, -0.1) is 11.6 Å². The summed E-state index contributed by atoms with van der Waals surface area (Å²) in [5.74, 6) is -0.364. The first-order valence-corrected chi connectivity index (χ1v) is 9.48. The van der Waals surface area contributed by atoms with Crippen molar-refractivity contribution in [2.75, 3.05) is 7.11 Å². The van der Waals surface area contributed by atoms with Crippen molar-refractivity contribution in [2.45, 2.75) is 69.3 Å². The lowest BCUT2D eigenvalue weighted by atomic mass is 10.0. The van der Waals surface area contributed by atoms with Crippen LogP contribution < -0.4 is 0 Å². The van der Waals surface area contributed by atoms with E-state index < -0.39 is 5.38 Å². The highest BCUT2D eigenvalue weighted by Crippen LogP contribution is 2.16. The molecule has 0 bridgehead atoms. The number of rotatable bonds is 12. The molecule has 0 radical (unpaired) electrons. The number of aliphatic hydroxyl groups is 1. The molecule has 136 valence electrons. The number of aryl methyl sites for hydroxylation is 1. The summed E-state index contributed by atoms with van der Waals surface area (Å²) in [6.07, 6.45) is 7.99. The molecule has 1 N–H and O–H groups in total. The molecule has 0 saturated carbocycles. The zero-order valence-corrected chi connectivity index (χ0v) is 15.9. The SMILES string of the molecule is COC(=O)C(Cl)CCCCCC(O)CCCCc1ccc(Cl)cc1. The van der Waals surface area contributed by atoms with Crippen LogP contribution in [0, 0.1) is 0 Å². The van der Waals surface area contributed by atoms with Crippen molar-refractivity contribution in [2.24, 2.45) is 0 Å². The fourth-order valence-corrected chi connectivity index (χ4v) is 3.00. The van der Waals surface area contributed by atoms with E-state index >= 15 is 0 Å². The highest BCUT2D eigenvalue weighted by molar-refractivity contribution is 6.30. The van der Waals surface area contributed by atoms with E-state index in [1.54, 1.807) is 0 Å². The van der Waals surface area contributed by atoms with Gasteiger partial charge in [0, 0.05) is 5.02 Å². The fourth-order valence-electron chi connectivity index (χ4n) is 2.63. The normalized spacial score (nSPS) is 13.5. The number of halogens is 2. The highest BCUT2D eigenvalue weighted by Gasteiger charge is 2.14. The molecule has 1 aromatic rings. The van der Waals surface area contributed by atoms with Crippen molar-refractivity contribution < 1.29 is 14.6 Å². The molecular formula is C19H28Cl2O3. The first-order chi connectivity index (χ1) is 11.5. The number of alkyl halides is 1. The number of esters is 1. The lowest BCUT2D eigenvalue weighted by Crippen LogP contribution is -2.15. The lowest BCUT2D eigenvalue weighted by Gasteiger charge is -2.11. The third-order valence-corrected chi connectivity index (χ3v) is 4.77. The summed E-state index contributed by atoms with van der Waals surface area (Å²) in [4.78, 5) is 11.1. The van der Waals surface area contributed by atoms with Crippen LogP contribution in [0.5, 0.6) is 0 Å². The second-order valence-corrected chi connectivity index (χ2v) is 7.12. The zero-order chi connectivity index (χ0) is 17.8. The largest absolute Gasteiger partial charge is 0.468 e. The second-order valence-electron chi connectivity index (χ2n) is 6.15. The first-order valence-electron chi connectivity index (χ1n) is 8.67. The van der Waals surface area contributed by atoms with Crippen LogP contribution in [0.2, 0.25) is 5.02 Å². The van der Waals surface area contributed by atoms with Gasteiger partial charge in [-0.1, -0.05) is 49.4 Å². The Morgan fingerprint density at radius 1 is 1.04 bits per heavy atom. The molecule has 0 spiro atoms. The molecule has 0 aliphatic heterocycles. The molecule has 0 saturated heterocycles. The maximum Gasteiger partial charge on any atom is 0.323 e. The molecule has 0 aliphatic rings. The predicted octanol–water partition coefficient (Wildman–Crippen LogP) is 5.14. The summed E-state index contributed by atoms with van der Waals surface area (Å²) in [6.45, 7) is 0. The quantitative estimate of drug-likeness (QED) is 0.312. The summed E-state index contributed by atoms with van der Waals surface area (Å²) < 4.78 is 4.58. The molecule has 0 fully saturated rings. The summed E-state index contributed by atoms with van der Waals surface area (Å²) in [5, 5.41) is 10.2. The average molecular weight is 375 g/mol. The van der Waals surface area contributed by atoms with Gasteiger partial charge in [0.1, 0.15) is 5.38 Å². The number of ether oxygens (including phenoxy) is 1. The van der Waals surface area contributed by atoms with Crippen LogP contribution in [0.25, 0.3) is 0 Å². The van der Waals surface area contributed by atoms with E-state index in [9.17, 15) is 9.90 Å². The van der Waals surface area contributed by atoms with E-state index in [0.29, 0.717) is 6.42 Å². The van der Waals surface area contributed by atoms with E-state index in [0.717, 1.165) is 56.4 Å². The Kier molecular flexibility index (Phi) is 11.1. The molecular weight excluding hydrogens is 347 g/mol. The molecule has 5 heteroatoms. The van der Waals surface area contributed by atoms with Crippen LogP contribution in [0.1, 0.15) is 56.9 Å². The Morgan fingerprint density at radius 3 is 2.25 bits per heavy atom. The number of carbonyl (C=O) groups is 1. The monoisotopic (exact) mass is 374 g/mol. The van der Waals surface area contributed by atoms with Crippen LogP contribution in [0.3, 0.4) is 0 Å². The van der Waals surface area contributed by atoms with Gasteiger partial charge in [-0.2, -0.15) is 0 Å². The number of unbranched alkanes of at least 4 members (excludes halogenated alkanes) is 3. The van der Waals surface area contributed by atoms with Crippen molar-refractivity contribution in [3.05, 3.63) is 34.9 Å². The van der Waals surface area contributed by atoms with Gasteiger partial charge in [-0.3, -0.25) is 4.79 Å². The van der Waals surface area contributed by atoms with Crippen LogP contribution in [0.4, 0.5) is 0 Å². The average Bonchev–Trinajstić information content (AvgIpc) is 2.59. The second kappa shape index (κ2) is 12.6. The van der Waals surface area contributed by atoms with Crippen molar-refractivity contribution >= 4 is 29.2 Å². The van der Waals surface area contributed by atoms with Crippen LogP contribution >= 0.6 is 23.2 Å². The van der Waals surface area contributed by atoms with Crippen molar-refractivity contribution in [1.82, 2.24) is 0 Å². The molecule has 24 heavy (non-hydrogen) atoms. The van der Waals surface area contributed by atoms with Gasteiger partial charge in [0.15, 0.2) is 0 Å². The van der Waals surface area contributed by atoms with Crippen molar-refractivity contribution in [1.29, 1.82) is 0 Å². The topological polar surface area (TPSA) is 46.5 Å². The van der Waals surface area contributed by atoms with Crippen molar-refractivity contribution in [3.8, 4) is 0 Å². The molecule has 3 nitrogen and oxygen atoms in total. The minimum atomic E-state index is -0.548. The minimum absolute atomic E-state index is 0.234. The Bertz CT molecular complexity index is 462. The smallest absolute Gasteiger partial charge is 0.323 e. The van der Waals surface area contributed by atoms with Gasteiger partial charge in [-0.05, 0) is 49.8 Å². The maximum absolute atomic E-state index is 11.1. The molecule has 0 aromatic heterocycles. The third kappa shape index (κ3) is 9.51. The maximum atomic E-state index is 11.1. The van der Waals surface area contributed by atoms with Gasteiger partial charge < -0.3 is 9.84 Å². The minimum Gasteiger partial charge on any atom is -0.468 e. The number of aliphatic hydroxyl groups excluding tert-OH is 1. The Hall–Kier alpha value is -0.770. The Balaban J connectivity index is 1.99. The number of hydrogen-bond acceptors (Lipinski definition) is 3. The molecule has 2 unspecified atom stereocenters. The zero-order valence-electron chi connectivity index (χ0n) is 14.3. The Labute approximate surface area is 155 Å². The van der Waals surface area contributed by atoms with Gasteiger partial charge in [0.25, 0.3) is 0 Å². The molecule has 0 aliphatic carbocycles. The molecule has 1 rings (SSSR count). The van der Waals surface area contributed by atoms with Gasteiger partial charge in [0.2, 0.25) is 0 Å². The summed E-state index contributed by atoms with van der Waals surface area (Å²) >= 11 is 11.7. The number of carbonyl (C=O) groups excluding carboxylic acids is 1. The number of methoxy groups -OCH3 is 1. The summed E-state index contributed by atoms with van der Waals surface area (Å²) in [7, 11) is 1.35. The van der Waals surface area contributed by atoms with Gasteiger partial charge >= 0.3 is 5.97 Å². The fraction of sp³-hybridized carbons (Fsp3) is 0.632. The van der Waals surface area contributed by atoms with Crippen LogP contribution in [-0.2, 0) is 16.0 Å². The van der Waals surface area contributed by atoms with Gasteiger partial charge in [-0.25, -0.2) is 0 Å². The van der Waals surface area contributed by atoms with Crippen molar-refractivity contribution in [3.63, 3.8) is 0 Å². The standard InChI is InChI=1S/C19H28Cl2O3/c1-24-19(23)18(21)10-4-2-3-8-17(22)9-6-5-7-15-11-13-16(20)14-12-15/h11-14,17-18,22H,2-10H2,1H3. The van der Waals surface area contributed by atoms with Crippen LogP contribution in [0.15, 0.2) is 24.3 Å². The molecule has 0 heterocycles. The molecule has 0 amide bonds. The summed E-state index contributed by atoms with van der Waals surface area (Å²) in [6, 6.07) is 7.93.